The number of rotatable bonds is 4. The molecule has 0 aliphatic carbocycles. The van der Waals surface area contributed by atoms with Crippen LogP contribution in [-0.2, 0) is 4.74 Å². The summed E-state index contributed by atoms with van der Waals surface area (Å²) in [5.74, 6) is 0.661. The molecule has 1 aliphatic heterocycles. The van der Waals surface area contributed by atoms with Crippen molar-refractivity contribution >= 4 is 5.91 Å². The summed E-state index contributed by atoms with van der Waals surface area (Å²) in [5, 5.41) is 0. The highest BCUT2D eigenvalue weighted by molar-refractivity contribution is 5.95. The van der Waals surface area contributed by atoms with Crippen LogP contribution >= 0.6 is 0 Å². The van der Waals surface area contributed by atoms with Crippen LogP contribution in [0.2, 0.25) is 0 Å². The molecular formula is C20H24N2O4. The van der Waals surface area contributed by atoms with Gasteiger partial charge in [-0.25, -0.2) is 0 Å². The summed E-state index contributed by atoms with van der Waals surface area (Å²) in [6, 6.07) is 11.0. The molecular weight excluding hydrogens is 332 g/mol. The fourth-order valence-corrected chi connectivity index (χ4v) is 3.22. The van der Waals surface area contributed by atoms with Gasteiger partial charge in [-0.1, -0.05) is 18.2 Å². The number of aromatic nitrogens is 1. The minimum atomic E-state index is -0.477. The maximum atomic E-state index is 12.9. The van der Waals surface area contributed by atoms with Gasteiger partial charge in [-0.15, -0.1) is 0 Å². The fourth-order valence-electron chi connectivity index (χ4n) is 3.22. The van der Waals surface area contributed by atoms with E-state index in [1.165, 1.54) is 12.3 Å². The van der Waals surface area contributed by atoms with Crippen LogP contribution < -0.4 is 10.3 Å². The molecule has 0 radical (unpaired) electrons. The van der Waals surface area contributed by atoms with Crippen LogP contribution in [0, 0.1) is 6.92 Å². The maximum absolute atomic E-state index is 12.9. The summed E-state index contributed by atoms with van der Waals surface area (Å²) in [6.07, 6.45) is 1.25. The minimum Gasteiger partial charge on any atom is -0.491 e. The predicted octanol–water partition coefficient (Wildman–Crippen LogP) is 2.38. The van der Waals surface area contributed by atoms with Gasteiger partial charge in [0.25, 0.3) is 5.91 Å². The monoisotopic (exact) mass is 356 g/mol. The van der Waals surface area contributed by atoms with E-state index in [1.54, 1.807) is 11.8 Å². The summed E-state index contributed by atoms with van der Waals surface area (Å²) >= 11 is 0. The average Bonchev–Trinajstić information content (AvgIpc) is 2.59. The number of pyridine rings is 1. The molecule has 26 heavy (non-hydrogen) atoms. The molecule has 1 saturated heterocycles. The second-order valence-electron chi connectivity index (χ2n) is 7.20. The summed E-state index contributed by atoms with van der Waals surface area (Å²) in [7, 11) is 0. The van der Waals surface area contributed by atoms with Crippen LogP contribution in [0.5, 0.6) is 5.75 Å². The number of carbonyl (C=O) groups excluding carboxylic acids is 1. The molecule has 1 amide bonds. The van der Waals surface area contributed by atoms with Gasteiger partial charge >= 0.3 is 0 Å². The first kappa shape index (κ1) is 18.2. The van der Waals surface area contributed by atoms with Crippen LogP contribution in [-0.4, -0.2) is 47.2 Å². The molecule has 1 aromatic carbocycles. The molecule has 3 rings (SSSR count). The number of para-hydroxylation sites is 1. The van der Waals surface area contributed by atoms with Crippen LogP contribution in [0.4, 0.5) is 0 Å². The number of carbonyl (C=O) groups is 1. The smallest absolute Gasteiger partial charge is 0.255 e. The number of nitrogens with zero attached hydrogens (tertiary/aromatic N) is 1. The second kappa shape index (κ2) is 7.33. The Hall–Kier alpha value is -2.60. The summed E-state index contributed by atoms with van der Waals surface area (Å²) < 4.78 is 11.9. The van der Waals surface area contributed by atoms with Crippen molar-refractivity contribution in [2.24, 2.45) is 0 Å². The van der Waals surface area contributed by atoms with Gasteiger partial charge in [0.15, 0.2) is 0 Å². The van der Waals surface area contributed by atoms with Crippen molar-refractivity contribution in [3.05, 3.63) is 64.1 Å². The van der Waals surface area contributed by atoms with E-state index < -0.39 is 5.60 Å². The molecule has 2 aromatic rings. The highest BCUT2D eigenvalue weighted by Crippen LogP contribution is 2.24. The summed E-state index contributed by atoms with van der Waals surface area (Å²) in [5.41, 5.74) is 0.481. The zero-order valence-corrected chi connectivity index (χ0v) is 15.3. The molecule has 2 heterocycles. The average molecular weight is 356 g/mol. The Morgan fingerprint density at radius 2 is 2.08 bits per heavy atom. The molecule has 1 N–H and O–H groups in total. The third kappa shape index (κ3) is 4.32. The highest BCUT2D eigenvalue weighted by atomic mass is 16.5. The predicted molar refractivity (Wildman–Crippen MR) is 98.6 cm³/mol. The number of aromatic amines is 1. The maximum Gasteiger partial charge on any atom is 0.255 e. The van der Waals surface area contributed by atoms with Crippen molar-refractivity contribution in [3.8, 4) is 5.75 Å². The van der Waals surface area contributed by atoms with Crippen LogP contribution in [0.1, 0.15) is 29.8 Å². The van der Waals surface area contributed by atoms with Crippen molar-refractivity contribution in [1.82, 2.24) is 9.88 Å². The van der Waals surface area contributed by atoms with Crippen molar-refractivity contribution in [2.45, 2.75) is 32.5 Å². The third-order valence-electron chi connectivity index (χ3n) is 4.31. The van der Waals surface area contributed by atoms with Crippen molar-refractivity contribution < 1.29 is 14.3 Å². The lowest BCUT2D eigenvalue weighted by molar-refractivity contribution is -0.136. The normalized spacial score (nSPS) is 19.2. The van der Waals surface area contributed by atoms with E-state index in [0.717, 1.165) is 5.75 Å². The summed E-state index contributed by atoms with van der Waals surface area (Å²) in [6.45, 7) is 6.97. The number of H-pyrrole nitrogens is 1. The van der Waals surface area contributed by atoms with E-state index in [1.807, 2.05) is 44.2 Å². The molecule has 0 saturated carbocycles. The number of benzene rings is 1. The Labute approximate surface area is 152 Å². The molecule has 0 spiro atoms. The van der Waals surface area contributed by atoms with E-state index in [4.69, 9.17) is 9.47 Å². The van der Waals surface area contributed by atoms with Gasteiger partial charge in [-0.3, -0.25) is 9.59 Å². The molecule has 1 aromatic heterocycles. The van der Waals surface area contributed by atoms with E-state index in [0.29, 0.717) is 30.8 Å². The van der Waals surface area contributed by atoms with Crippen molar-refractivity contribution in [1.29, 1.82) is 0 Å². The fraction of sp³-hybridized carbons (Fsp3) is 0.400. The zero-order chi connectivity index (χ0) is 18.7. The largest absolute Gasteiger partial charge is 0.491 e. The molecule has 0 bridgehead atoms. The van der Waals surface area contributed by atoms with Crippen LogP contribution in [0.25, 0.3) is 0 Å². The second-order valence-corrected chi connectivity index (χ2v) is 7.20. The molecule has 1 atom stereocenters. The Bertz CT molecular complexity index is 829. The Morgan fingerprint density at radius 1 is 1.35 bits per heavy atom. The number of nitrogens with one attached hydrogen (secondary N) is 1. The Morgan fingerprint density at radius 3 is 2.77 bits per heavy atom. The number of morpholine rings is 1. The first-order valence-electron chi connectivity index (χ1n) is 8.68. The standard InChI is InChI=1S/C20H24N2O4/c1-14-9-18(23)21-10-17(14)19(24)22-11-16(26-20(2,3)13-22)12-25-15-7-5-4-6-8-15/h4-10,16H,11-13H2,1-3H3,(H,21,23). The number of hydrogen-bond donors (Lipinski definition) is 1. The van der Waals surface area contributed by atoms with Crippen molar-refractivity contribution in [2.75, 3.05) is 19.7 Å². The Balaban J connectivity index is 1.72. The quantitative estimate of drug-likeness (QED) is 0.913. The molecule has 138 valence electrons. The lowest BCUT2D eigenvalue weighted by Crippen LogP contribution is -2.56. The SMILES string of the molecule is Cc1cc(=O)[nH]cc1C(=O)N1CC(COc2ccccc2)OC(C)(C)C1. The molecule has 6 nitrogen and oxygen atoms in total. The van der Waals surface area contributed by atoms with Gasteiger partial charge in [0, 0.05) is 18.8 Å². The molecule has 6 heteroatoms. The minimum absolute atomic E-state index is 0.111. The van der Waals surface area contributed by atoms with Gasteiger partial charge in [-0.2, -0.15) is 0 Å². The number of ether oxygens (including phenoxy) is 2. The number of aryl methyl sites for hydroxylation is 1. The van der Waals surface area contributed by atoms with Gasteiger partial charge in [-0.05, 0) is 38.5 Å². The lowest BCUT2D eigenvalue weighted by Gasteiger charge is -2.42. The number of amides is 1. The first-order chi connectivity index (χ1) is 12.3. The highest BCUT2D eigenvalue weighted by Gasteiger charge is 2.36. The lowest BCUT2D eigenvalue weighted by atomic mass is 10.0. The Kier molecular flexibility index (Phi) is 5.13. The van der Waals surface area contributed by atoms with Crippen molar-refractivity contribution in [3.63, 3.8) is 0 Å². The van der Waals surface area contributed by atoms with E-state index >= 15 is 0 Å². The van der Waals surface area contributed by atoms with E-state index in [2.05, 4.69) is 4.98 Å². The van der Waals surface area contributed by atoms with Gasteiger partial charge in [0.05, 0.1) is 17.7 Å². The topological polar surface area (TPSA) is 71.6 Å². The third-order valence-corrected chi connectivity index (χ3v) is 4.31. The molecule has 1 fully saturated rings. The summed E-state index contributed by atoms with van der Waals surface area (Å²) in [4.78, 5) is 28.7. The van der Waals surface area contributed by atoms with Gasteiger partial charge in [0.2, 0.25) is 5.56 Å². The first-order valence-corrected chi connectivity index (χ1v) is 8.68. The van der Waals surface area contributed by atoms with Gasteiger partial charge < -0.3 is 19.4 Å². The van der Waals surface area contributed by atoms with Crippen LogP contribution in [0.3, 0.4) is 0 Å². The zero-order valence-electron chi connectivity index (χ0n) is 15.3. The van der Waals surface area contributed by atoms with E-state index in [-0.39, 0.29) is 17.6 Å². The molecule has 1 aliphatic rings. The number of hydrogen-bond acceptors (Lipinski definition) is 4. The van der Waals surface area contributed by atoms with E-state index in [9.17, 15) is 9.59 Å². The van der Waals surface area contributed by atoms with Crippen LogP contribution in [0.15, 0.2) is 47.4 Å². The molecule has 1 unspecified atom stereocenters. The van der Waals surface area contributed by atoms with Gasteiger partial charge in [0.1, 0.15) is 18.5 Å².